The van der Waals surface area contributed by atoms with E-state index in [4.69, 9.17) is 39.5 Å². The molecule has 26 heavy (non-hydrogen) atoms. The molecule has 2 heterocycles. The van der Waals surface area contributed by atoms with Gasteiger partial charge in [0.25, 0.3) is 0 Å². The number of rotatable bonds is 7. The summed E-state index contributed by atoms with van der Waals surface area (Å²) in [5.74, 6) is 1.65. The lowest BCUT2D eigenvalue weighted by atomic mass is 10.1. The van der Waals surface area contributed by atoms with E-state index in [9.17, 15) is 0 Å². The van der Waals surface area contributed by atoms with Crippen LogP contribution in [0.4, 0.5) is 5.82 Å². The lowest BCUT2D eigenvalue weighted by Crippen LogP contribution is -2.39. The summed E-state index contributed by atoms with van der Waals surface area (Å²) in [6.07, 6.45) is 5.00. The Morgan fingerprint density at radius 3 is 2.58 bits per heavy atom. The fourth-order valence-corrected chi connectivity index (χ4v) is 3.39. The molecule has 0 atom stereocenters. The fraction of sp³-hybridized carbons (Fsp3) is 0.421. The maximum atomic E-state index is 6.04. The van der Waals surface area contributed by atoms with Crippen molar-refractivity contribution in [2.75, 3.05) is 31.5 Å². The standard InChI is InChI=1S/C19H22Cl3N3O/c20-14-2-5-19(24-13-14)23-8-1-9-25-10-6-15(7-11-25)26-16-3-4-17(21)18(22)12-16/h2-5,12-13,15H,1,6-11H2,(H,23,24). The van der Waals surface area contributed by atoms with E-state index in [1.807, 2.05) is 18.2 Å². The van der Waals surface area contributed by atoms with E-state index in [0.29, 0.717) is 15.1 Å². The van der Waals surface area contributed by atoms with Gasteiger partial charge in [-0.1, -0.05) is 34.8 Å². The largest absolute Gasteiger partial charge is 0.490 e. The highest BCUT2D eigenvalue weighted by Gasteiger charge is 2.20. The van der Waals surface area contributed by atoms with Gasteiger partial charge in [0.05, 0.1) is 15.1 Å². The minimum Gasteiger partial charge on any atom is -0.490 e. The van der Waals surface area contributed by atoms with Crippen molar-refractivity contribution >= 4 is 40.6 Å². The molecule has 0 aliphatic carbocycles. The maximum Gasteiger partial charge on any atom is 0.125 e. The molecule has 0 radical (unpaired) electrons. The van der Waals surface area contributed by atoms with Crippen molar-refractivity contribution in [3.05, 3.63) is 51.6 Å². The number of benzene rings is 1. The Morgan fingerprint density at radius 2 is 1.88 bits per heavy atom. The average molecular weight is 415 g/mol. The van der Waals surface area contributed by atoms with Gasteiger partial charge in [-0.15, -0.1) is 0 Å². The molecule has 1 saturated heterocycles. The van der Waals surface area contributed by atoms with Crippen LogP contribution in [0.5, 0.6) is 5.75 Å². The number of hydrogen-bond acceptors (Lipinski definition) is 4. The third kappa shape index (κ3) is 5.92. The number of piperidine rings is 1. The third-order valence-corrected chi connectivity index (χ3v) is 5.38. The van der Waals surface area contributed by atoms with Gasteiger partial charge >= 0.3 is 0 Å². The van der Waals surface area contributed by atoms with Crippen molar-refractivity contribution in [2.45, 2.75) is 25.4 Å². The van der Waals surface area contributed by atoms with Crippen molar-refractivity contribution in [1.29, 1.82) is 0 Å². The molecule has 0 bridgehead atoms. The van der Waals surface area contributed by atoms with Gasteiger partial charge in [-0.25, -0.2) is 4.98 Å². The monoisotopic (exact) mass is 413 g/mol. The second-order valence-corrected chi connectivity index (χ2v) is 7.63. The third-order valence-electron chi connectivity index (χ3n) is 4.41. The van der Waals surface area contributed by atoms with E-state index < -0.39 is 0 Å². The molecule has 1 aliphatic heterocycles. The number of hydrogen-bond donors (Lipinski definition) is 1. The Hall–Kier alpha value is -1.20. The van der Waals surface area contributed by atoms with E-state index in [0.717, 1.165) is 57.0 Å². The molecule has 4 nitrogen and oxygen atoms in total. The van der Waals surface area contributed by atoms with Gasteiger partial charge in [0.2, 0.25) is 0 Å². The molecule has 0 spiro atoms. The summed E-state index contributed by atoms with van der Waals surface area (Å²) in [5, 5.41) is 5.06. The predicted octanol–water partition coefficient (Wildman–Crippen LogP) is 5.39. The van der Waals surface area contributed by atoms with Crippen LogP contribution in [-0.2, 0) is 0 Å². The lowest BCUT2D eigenvalue weighted by Gasteiger charge is -2.32. The Kier molecular flexibility index (Phi) is 7.26. The molecule has 0 unspecified atom stereocenters. The van der Waals surface area contributed by atoms with E-state index in [1.165, 1.54) is 0 Å². The zero-order chi connectivity index (χ0) is 18.4. The average Bonchev–Trinajstić information content (AvgIpc) is 2.65. The minimum atomic E-state index is 0.236. The van der Waals surface area contributed by atoms with Gasteiger partial charge in [0.1, 0.15) is 17.7 Å². The van der Waals surface area contributed by atoms with Gasteiger partial charge in [0.15, 0.2) is 0 Å². The molecule has 0 amide bonds. The van der Waals surface area contributed by atoms with Crippen LogP contribution in [0.3, 0.4) is 0 Å². The summed E-state index contributed by atoms with van der Waals surface area (Å²) in [5.41, 5.74) is 0. The van der Waals surface area contributed by atoms with Gasteiger partial charge in [-0.2, -0.15) is 0 Å². The molecule has 1 aromatic heterocycles. The van der Waals surface area contributed by atoms with Gasteiger partial charge in [0, 0.05) is 31.9 Å². The number of nitrogens with zero attached hydrogens (tertiary/aromatic N) is 2. The summed E-state index contributed by atoms with van der Waals surface area (Å²) in [7, 11) is 0. The Bertz CT molecular complexity index is 704. The summed E-state index contributed by atoms with van der Waals surface area (Å²) in [6.45, 7) is 4.06. The summed E-state index contributed by atoms with van der Waals surface area (Å²) in [6, 6.07) is 9.17. The lowest BCUT2D eigenvalue weighted by molar-refractivity contribution is 0.100. The molecule has 2 aromatic rings. The van der Waals surface area contributed by atoms with E-state index in [2.05, 4.69) is 15.2 Å². The first kappa shape index (κ1) is 19.6. The zero-order valence-corrected chi connectivity index (χ0v) is 16.7. The number of likely N-dealkylation sites (tertiary alicyclic amines) is 1. The first-order valence-electron chi connectivity index (χ1n) is 8.79. The van der Waals surface area contributed by atoms with Crippen LogP contribution in [0.15, 0.2) is 36.5 Å². The SMILES string of the molecule is Clc1ccc(NCCCN2CCC(Oc3ccc(Cl)c(Cl)c3)CC2)nc1. The van der Waals surface area contributed by atoms with Crippen molar-refractivity contribution in [1.82, 2.24) is 9.88 Å². The first-order chi connectivity index (χ1) is 12.6. The van der Waals surface area contributed by atoms with Crippen LogP contribution in [0, 0.1) is 0 Å². The molecule has 7 heteroatoms. The van der Waals surface area contributed by atoms with Crippen LogP contribution < -0.4 is 10.1 Å². The summed E-state index contributed by atoms with van der Waals surface area (Å²) in [4.78, 5) is 6.71. The highest BCUT2D eigenvalue weighted by atomic mass is 35.5. The van der Waals surface area contributed by atoms with Crippen molar-refractivity contribution in [2.24, 2.45) is 0 Å². The van der Waals surface area contributed by atoms with Crippen LogP contribution in [0.25, 0.3) is 0 Å². The van der Waals surface area contributed by atoms with E-state index in [1.54, 1.807) is 18.3 Å². The number of anilines is 1. The molecule has 1 N–H and O–H groups in total. The number of pyridine rings is 1. The molecule has 1 aromatic carbocycles. The zero-order valence-electron chi connectivity index (χ0n) is 14.4. The molecule has 0 saturated carbocycles. The minimum absolute atomic E-state index is 0.236. The predicted molar refractivity (Wildman–Crippen MR) is 109 cm³/mol. The Balaban J connectivity index is 1.33. The smallest absolute Gasteiger partial charge is 0.125 e. The van der Waals surface area contributed by atoms with Gasteiger partial charge < -0.3 is 15.0 Å². The van der Waals surface area contributed by atoms with Crippen LogP contribution in [0.2, 0.25) is 15.1 Å². The second-order valence-electron chi connectivity index (χ2n) is 6.38. The van der Waals surface area contributed by atoms with E-state index in [-0.39, 0.29) is 6.10 Å². The molecular weight excluding hydrogens is 393 g/mol. The van der Waals surface area contributed by atoms with Crippen LogP contribution in [0.1, 0.15) is 19.3 Å². The number of halogens is 3. The van der Waals surface area contributed by atoms with Crippen molar-refractivity contribution in [3.8, 4) is 5.75 Å². The Morgan fingerprint density at radius 1 is 1.08 bits per heavy atom. The summed E-state index contributed by atoms with van der Waals surface area (Å²) >= 11 is 17.8. The van der Waals surface area contributed by atoms with Crippen LogP contribution >= 0.6 is 34.8 Å². The highest BCUT2D eigenvalue weighted by Crippen LogP contribution is 2.28. The normalized spacial score (nSPS) is 15.8. The fourth-order valence-electron chi connectivity index (χ4n) is 2.99. The molecule has 1 fully saturated rings. The maximum absolute atomic E-state index is 6.04. The highest BCUT2D eigenvalue weighted by molar-refractivity contribution is 6.42. The Labute approximate surface area is 169 Å². The first-order valence-corrected chi connectivity index (χ1v) is 9.93. The molecular formula is C19H22Cl3N3O. The van der Waals surface area contributed by atoms with Crippen LogP contribution in [-0.4, -0.2) is 42.2 Å². The summed E-state index contributed by atoms with van der Waals surface area (Å²) < 4.78 is 6.03. The number of aromatic nitrogens is 1. The number of nitrogens with one attached hydrogen (secondary N) is 1. The number of ether oxygens (including phenoxy) is 1. The topological polar surface area (TPSA) is 37.4 Å². The molecule has 140 valence electrons. The molecule has 1 aliphatic rings. The van der Waals surface area contributed by atoms with Crippen molar-refractivity contribution in [3.63, 3.8) is 0 Å². The van der Waals surface area contributed by atoms with Gasteiger partial charge in [-0.05, 0) is 50.1 Å². The van der Waals surface area contributed by atoms with Gasteiger partial charge in [-0.3, -0.25) is 0 Å². The quantitative estimate of drug-likeness (QED) is 0.617. The van der Waals surface area contributed by atoms with E-state index >= 15 is 0 Å². The molecule has 3 rings (SSSR count). The van der Waals surface area contributed by atoms with Crippen molar-refractivity contribution < 1.29 is 4.74 Å². The second kappa shape index (κ2) is 9.65.